The van der Waals surface area contributed by atoms with Crippen molar-refractivity contribution in [3.8, 4) is 6.07 Å². The van der Waals surface area contributed by atoms with Crippen molar-refractivity contribution in [2.75, 3.05) is 5.32 Å². The average Bonchev–Trinajstić information content (AvgIpc) is 2.93. The van der Waals surface area contributed by atoms with Crippen LogP contribution in [0.25, 0.3) is 0 Å². The minimum Gasteiger partial charge on any atom is -0.379 e. The Morgan fingerprint density at radius 3 is 2.55 bits per heavy atom. The summed E-state index contributed by atoms with van der Waals surface area (Å²) in [4.78, 5) is 0. The minimum absolute atomic E-state index is 0.445. The molecule has 2 rings (SSSR count). The highest BCUT2D eigenvalue weighted by Gasteiger charge is 2.18. The van der Waals surface area contributed by atoms with Crippen molar-refractivity contribution in [2.24, 2.45) is 0 Å². The molecule has 0 aliphatic rings. The van der Waals surface area contributed by atoms with Gasteiger partial charge in [0.1, 0.15) is 0 Å². The Morgan fingerprint density at radius 1 is 1.25 bits per heavy atom. The van der Waals surface area contributed by atoms with Crippen molar-refractivity contribution in [1.82, 2.24) is 9.78 Å². The van der Waals surface area contributed by atoms with Crippen LogP contribution in [-0.2, 0) is 18.5 Å². The second-order valence-corrected chi connectivity index (χ2v) is 5.31. The van der Waals surface area contributed by atoms with E-state index in [1.165, 1.54) is 0 Å². The molecule has 20 heavy (non-hydrogen) atoms. The highest BCUT2D eigenvalue weighted by atomic mass is 15.3. The Balaban J connectivity index is 2.03. The van der Waals surface area contributed by atoms with E-state index in [0.717, 1.165) is 30.0 Å². The summed E-state index contributed by atoms with van der Waals surface area (Å²) in [6.07, 6.45) is 1.82. The van der Waals surface area contributed by atoms with Gasteiger partial charge in [0.25, 0.3) is 0 Å². The van der Waals surface area contributed by atoms with E-state index in [2.05, 4.69) is 23.4 Å². The fourth-order valence-electron chi connectivity index (χ4n) is 2.06. The predicted molar refractivity (Wildman–Crippen MR) is 80.3 cm³/mol. The quantitative estimate of drug-likeness (QED) is 0.905. The number of rotatable bonds is 5. The van der Waals surface area contributed by atoms with Gasteiger partial charge >= 0.3 is 0 Å². The van der Waals surface area contributed by atoms with E-state index in [9.17, 15) is 0 Å². The average molecular weight is 268 g/mol. The number of hydrogen-bond acceptors (Lipinski definition) is 3. The summed E-state index contributed by atoms with van der Waals surface area (Å²) in [6, 6.07) is 12.4. The van der Waals surface area contributed by atoms with Crippen molar-refractivity contribution in [3.63, 3.8) is 0 Å². The molecule has 0 amide bonds. The third kappa shape index (κ3) is 3.00. The van der Waals surface area contributed by atoms with Gasteiger partial charge in [-0.05, 0) is 44.5 Å². The van der Waals surface area contributed by atoms with E-state index in [4.69, 9.17) is 5.26 Å². The van der Waals surface area contributed by atoms with Crippen LogP contribution in [0.1, 0.15) is 32.0 Å². The smallest absolute Gasteiger partial charge is 0.0766 e. The van der Waals surface area contributed by atoms with E-state index in [1.807, 2.05) is 55.1 Å². The normalized spacial score (nSPS) is 11.1. The molecule has 0 aliphatic heterocycles. The van der Waals surface area contributed by atoms with Crippen molar-refractivity contribution in [3.05, 3.63) is 47.8 Å². The summed E-state index contributed by atoms with van der Waals surface area (Å²) in [5.41, 5.74) is 2.80. The van der Waals surface area contributed by atoms with Crippen LogP contribution < -0.4 is 5.32 Å². The molecule has 104 valence electrons. The minimum atomic E-state index is -0.445. The topological polar surface area (TPSA) is 53.6 Å². The molecule has 0 fully saturated rings. The zero-order valence-corrected chi connectivity index (χ0v) is 12.2. The molecule has 0 saturated heterocycles. The number of benzene rings is 1. The highest BCUT2D eigenvalue weighted by Crippen LogP contribution is 2.23. The first kappa shape index (κ1) is 14.1. The second kappa shape index (κ2) is 5.79. The number of nitrogens with one attached hydrogen (secondary N) is 1. The van der Waals surface area contributed by atoms with Gasteiger partial charge in [-0.25, -0.2) is 0 Å². The molecule has 4 heteroatoms. The van der Waals surface area contributed by atoms with Crippen LogP contribution in [0.4, 0.5) is 5.69 Å². The molecule has 0 aliphatic carbocycles. The Labute approximate surface area is 120 Å². The maximum Gasteiger partial charge on any atom is 0.0766 e. The summed E-state index contributed by atoms with van der Waals surface area (Å²) in [7, 11) is 0. The fraction of sp³-hybridized carbons (Fsp3) is 0.375. The third-order valence-electron chi connectivity index (χ3n) is 3.46. The van der Waals surface area contributed by atoms with Gasteiger partial charge in [-0.3, -0.25) is 4.68 Å². The van der Waals surface area contributed by atoms with Crippen LogP contribution in [-0.4, -0.2) is 9.78 Å². The molecule has 1 aromatic heterocycles. The Morgan fingerprint density at radius 2 is 1.95 bits per heavy atom. The summed E-state index contributed by atoms with van der Waals surface area (Å²) < 4.78 is 1.97. The molecular weight excluding hydrogens is 248 g/mol. The molecule has 1 N–H and O–H groups in total. The molecule has 0 saturated carbocycles. The number of anilines is 1. The molecular formula is C16H20N4. The van der Waals surface area contributed by atoms with Crippen molar-refractivity contribution >= 4 is 5.69 Å². The van der Waals surface area contributed by atoms with Crippen molar-refractivity contribution < 1.29 is 0 Å². The summed E-state index contributed by atoms with van der Waals surface area (Å²) in [5.74, 6) is 0. The standard InChI is InChI=1S/C16H20N4/c1-4-20-15(9-10-19-20)11-18-14-7-5-13(6-8-14)16(2,3)12-17/h5-10,18H,4,11H2,1-3H3. The maximum absolute atomic E-state index is 9.13. The van der Waals surface area contributed by atoms with Gasteiger partial charge in [-0.1, -0.05) is 12.1 Å². The first-order valence-corrected chi connectivity index (χ1v) is 6.83. The SMILES string of the molecule is CCn1nccc1CNc1ccc(C(C)(C)C#N)cc1. The molecule has 1 aromatic carbocycles. The van der Waals surface area contributed by atoms with E-state index in [0.29, 0.717) is 0 Å². The van der Waals surface area contributed by atoms with Gasteiger partial charge in [0.2, 0.25) is 0 Å². The lowest BCUT2D eigenvalue weighted by Gasteiger charge is -2.16. The Bertz CT molecular complexity index is 602. The summed E-state index contributed by atoms with van der Waals surface area (Å²) in [6.45, 7) is 7.55. The second-order valence-electron chi connectivity index (χ2n) is 5.31. The van der Waals surface area contributed by atoms with Crippen molar-refractivity contribution in [2.45, 2.75) is 39.3 Å². The van der Waals surface area contributed by atoms with E-state index < -0.39 is 5.41 Å². The van der Waals surface area contributed by atoms with Crippen LogP contribution in [0.15, 0.2) is 36.5 Å². The van der Waals surface area contributed by atoms with Gasteiger partial charge in [-0.15, -0.1) is 0 Å². The molecule has 2 aromatic rings. The number of aromatic nitrogens is 2. The van der Waals surface area contributed by atoms with Crippen LogP contribution >= 0.6 is 0 Å². The molecule has 0 unspecified atom stereocenters. The lowest BCUT2D eigenvalue weighted by Crippen LogP contribution is -2.13. The number of nitriles is 1. The first-order chi connectivity index (χ1) is 9.56. The van der Waals surface area contributed by atoms with Crippen molar-refractivity contribution in [1.29, 1.82) is 5.26 Å². The summed E-state index contributed by atoms with van der Waals surface area (Å²) >= 11 is 0. The van der Waals surface area contributed by atoms with E-state index in [-0.39, 0.29) is 0 Å². The largest absolute Gasteiger partial charge is 0.379 e. The Kier molecular flexibility index (Phi) is 4.09. The number of aryl methyl sites for hydroxylation is 1. The van der Waals surface area contributed by atoms with E-state index >= 15 is 0 Å². The van der Waals surface area contributed by atoms with Crippen LogP contribution in [0, 0.1) is 11.3 Å². The van der Waals surface area contributed by atoms with Gasteiger partial charge in [-0.2, -0.15) is 10.4 Å². The van der Waals surface area contributed by atoms with Gasteiger partial charge in [0, 0.05) is 18.4 Å². The third-order valence-corrected chi connectivity index (χ3v) is 3.46. The van der Waals surface area contributed by atoms with Crippen LogP contribution in [0.5, 0.6) is 0 Å². The van der Waals surface area contributed by atoms with Gasteiger partial charge in [0.15, 0.2) is 0 Å². The Hall–Kier alpha value is -2.28. The monoisotopic (exact) mass is 268 g/mol. The van der Waals surface area contributed by atoms with Crippen LogP contribution in [0.3, 0.4) is 0 Å². The zero-order chi connectivity index (χ0) is 14.6. The molecule has 0 spiro atoms. The maximum atomic E-state index is 9.13. The predicted octanol–water partition coefficient (Wildman–Crippen LogP) is 3.32. The highest BCUT2D eigenvalue weighted by molar-refractivity contribution is 5.47. The molecule has 0 atom stereocenters. The van der Waals surface area contributed by atoms with Crippen LogP contribution in [0.2, 0.25) is 0 Å². The van der Waals surface area contributed by atoms with E-state index in [1.54, 1.807) is 0 Å². The fourth-order valence-corrected chi connectivity index (χ4v) is 2.06. The number of hydrogen-bond donors (Lipinski definition) is 1. The molecule has 0 radical (unpaired) electrons. The van der Waals surface area contributed by atoms with Gasteiger partial charge < -0.3 is 5.32 Å². The summed E-state index contributed by atoms with van der Waals surface area (Å²) in [5, 5.41) is 16.7. The number of nitrogens with zero attached hydrogens (tertiary/aromatic N) is 3. The molecule has 0 bridgehead atoms. The lowest BCUT2D eigenvalue weighted by molar-refractivity contribution is 0.627. The first-order valence-electron chi connectivity index (χ1n) is 6.83. The molecule has 4 nitrogen and oxygen atoms in total. The lowest BCUT2D eigenvalue weighted by atomic mass is 9.86. The van der Waals surface area contributed by atoms with Gasteiger partial charge in [0.05, 0.1) is 23.7 Å². The molecule has 1 heterocycles. The zero-order valence-electron chi connectivity index (χ0n) is 12.2.